The second-order valence-electron chi connectivity index (χ2n) is 5.43. The summed E-state index contributed by atoms with van der Waals surface area (Å²) in [5.74, 6) is -0.140. The molecule has 0 atom stereocenters. The van der Waals surface area contributed by atoms with Crippen LogP contribution in [0.4, 0.5) is 0 Å². The molecule has 0 aliphatic carbocycles. The summed E-state index contributed by atoms with van der Waals surface area (Å²) < 4.78 is 1.79. The summed E-state index contributed by atoms with van der Waals surface area (Å²) in [7, 11) is 0. The van der Waals surface area contributed by atoms with Crippen molar-refractivity contribution in [3.8, 4) is 0 Å². The van der Waals surface area contributed by atoms with E-state index in [4.69, 9.17) is 11.6 Å². The molecular weight excluding hydrogens is 314 g/mol. The van der Waals surface area contributed by atoms with Gasteiger partial charge in [0.25, 0.3) is 5.91 Å². The number of carbonyl (C=O) groups excluding carboxylic acids is 1. The Labute approximate surface area is 141 Å². The van der Waals surface area contributed by atoms with Crippen molar-refractivity contribution >= 4 is 17.5 Å². The fraction of sp³-hybridized carbons (Fsp3) is 0.412. The van der Waals surface area contributed by atoms with Crippen LogP contribution in [0.25, 0.3) is 0 Å². The zero-order valence-electron chi connectivity index (χ0n) is 13.5. The fourth-order valence-electron chi connectivity index (χ4n) is 2.45. The first-order valence-corrected chi connectivity index (χ1v) is 8.12. The lowest BCUT2D eigenvalue weighted by molar-refractivity contribution is 0.0707. The van der Waals surface area contributed by atoms with Crippen molar-refractivity contribution in [2.75, 3.05) is 13.2 Å². The average Bonchev–Trinajstić information content (AvgIpc) is 2.89. The van der Waals surface area contributed by atoms with E-state index in [9.17, 15) is 9.90 Å². The summed E-state index contributed by atoms with van der Waals surface area (Å²) in [6.45, 7) is 5.18. The first-order chi connectivity index (χ1) is 11.1. The van der Waals surface area contributed by atoms with Gasteiger partial charge in [0.2, 0.25) is 0 Å². The smallest absolute Gasteiger partial charge is 0.257 e. The van der Waals surface area contributed by atoms with Gasteiger partial charge in [0, 0.05) is 30.9 Å². The van der Waals surface area contributed by atoms with Crippen LogP contribution in [0.2, 0.25) is 5.02 Å². The van der Waals surface area contributed by atoms with Crippen LogP contribution < -0.4 is 0 Å². The molecule has 0 aliphatic rings. The Balaban J connectivity index is 2.23. The lowest BCUT2D eigenvalue weighted by atomic mass is 10.1. The molecule has 0 saturated heterocycles. The van der Waals surface area contributed by atoms with Crippen LogP contribution in [-0.2, 0) is 13.1 Å². The third-order valence-electron chi connectivity index (χ3n) is 3.61. The van der Waals surface area contributed by atoms with E-state index in [1.54, 1.807) is 21.8 Å². The molecule has 5 nitrogen and oxygen atoms in total. The van der Waals surface area contributed by atoms with Crippen molar-refractivity contribution < 1.29 is 9.90 Å². The van der Waals surface area contributed by atoms with Gasteiger partial charge in [0.05, 0.1) is 17.9 Å². The zero-order valence-corrected chi connectivity index (χ0v) is 14.3. The van der Waals surface area contributed by atoms with E-state index < -0.39 is 0 Å². The van der Waals surface area contributed by atoms with Crippen molar-refractivity contribution in [1.82, 2.24) is 14.7 Å². The molecule has 0 spiro atoms. The molecule has 0 fully saturated rings. The maximum Gasteiger partial charge on any atom is 0.257 e. The minimum atomic E-state index is -0.140. The summed E-state index contributed by atoms with van der Waals surface area (Å²) in [5, 5.41) is 14.3. The van der Waals surface area contributed by atoms with Gasteiger partial charge in [-0.1, -0.05) is 36.7 Å². The summed E-state index contributed by atoms with van der Waals surface area (Å²) in [4.78, 5) is 14.4. The zero-order chi connectivity index (χ0) is 16.8. The monoisotopic (exact) mass is 335 g/mol. The number of aliphatic hydroxyl groups is 1. The topological polar surface area (TPSA) is 58.4 Å². The summed E-state index contributed by atoms with van der Waals surface area (Å²) >= 11 is 6.18. The van der Waals surface area contributed by atoms with Crippen LogP contribution in [0.3, 0.4) is 0 Å². The van der Waals surface area contributed by atoms with Gasteiger partial charge in [-0.2, -0.15) is 5.10 Å². The molecule has 1 heterocycles. The summed E-state index contributed by atoms with van der Waals surface area (Å²) in [6.07, 6.45) is 2.73. The number of aliphatic hydroxyl groups excluding tert-OH is 1. The number of aryl methyl sites for hydroxylation is 2. The van der Waals surface area contributed by atoms with Gasteiger partial charge in [-0.15, -0.1) is 0 Å². The van der Waals surface area contributed by atoms with Gasteiger partial charge in [-0.3, -0.25) is 9.48 Å². The minimum Gasteiger partial charge on any atom is -0.395 e. The molecule has 0 unspecified atom stereocenters. The highest BCUT2D eigenvalue weighted by molar-refractivity contribution is 6.31. The van der Waals surface area contributed by atoms with E-state index in [-0.39, 0.29) is 19.1 Å². The fourth-order valence-corrected chi connectivity index (χ4v) is 2.64. The summed E-state index contributed by atoms with van der Waals surface area (Å²) in [6, 6.07) is 7.41. The molecule has 0 radical (unpaired) electrons. The Morgan fingerprint density at radius 2 is 2.13 bits per heavy atom. The van der Waals surface area contributed by atoms with E-state index in [0.29, 0.717) is 22.8 Å². The molecule has 2 rings (SSSR count). The maximum atomic E-state index is 12.8. The van der Waals surface area contributed by atoms with Gasteiger partial charge in [-0.25, -0.2) is 0 Å². The van der Waals surface area contributed by atoms with Crippen LogP contribution in [0.5, 0.6) is 0 Å². The Morgan fingerprint density at radius 1 is 1.39 bits per heavy atom. The predicted octanol–water partition coefficient (Wildman–Crippen LogP) is 2.89. The van der Waals surface area contributed by atoms with Crippen molar-refractivity contribution in [1.29, 1.82) is 0 Å². The number of benzene rings is 1. The van der Waals surface area contributed by atoms with Gasteiger partial charge in [0.1, 0.15) is 0 Å². The van der Waals surface area contributed by atoms with Crippen molar-refractivity contribution in [2.24, 2.45) is 0 Å². The third-order valence-corrected chi connectivity index (χ3v) is 3.97. The van der Waals surface area contributed by atoms with Gasteiger partial charge in [0.15, 0.2) is 0 Å². The number of rotatable bonds is 7. The Kier molecular flexibility index (Phi) is 6.19. The lowest BCUT2D eigenvalue weighted by Crippen LogP contribution is -2.33. The van der Waals surface area contributed by atoms with Crippen LogP contribution in [0.1, 0.15) is 35.0 Å². The van der Waals surface area contributed by atoms with E-state index in [1.807, 2.05) is 25.1 Å². The molecule has 124 valence electrons. The number of nitrogens with zero attached hydrogens (tertiary/aromatic N) is 3. The van der Waals surface area contributed by atoms with E-state index in [2.05, 4.69) is 12.0 Å². The first kappa shape index (κ1) is 17.5. The van der Waals surface area contributed by atoms with Gasteiger partial charge >= 0.3 is 0 Å². The Hall–Kier alpha value is -1.85. The quantitative estimate of drug-likeness (QED) is 0.846. The first-order valence-electron chi connectivity index (χ1n) is 7.74. The van der Waals surface area contributed by atoms with Crippen molar-refractivity contribution in [3.05, 3.63) is 52.3 Å². The third kappa shape index (κ3) is 4.33. The normalized spacial score (nSPS) is 10.8. The average molecular weight is 336 g/mol. The highest BCUT2D eigenvalue weighted by atomic mass is 35.5. The molecule has 0 saturated carbocycles. The molecule has 1 amide bonds. The summed E-state index contributed by atoms with van der Waals surface area (Å²) in [5.41, 5.74) is 2.12. The maximum absolute atomic E-state index is 12.8. The highest BCUT2D eigenvalue weighted by Gasteiger charge is 2.21. The number of carbonyl (C=O) groups is 1. The van der Waals surface area contributed by atoms with Crippen LogP contribution in [0.15, 0.2) is 30.5 Å². The van der Waals surface area contributed by atoms with Crippen LogP contribution in [-0.4, -0.2) is 38.8 Å². The standard InChI is InChI=1S/C17H22ClN3O2/c1-3-8-21-12-15(13(2)19-21)17(23)20(9-10-22)11-14-6-4-5-7-16(14)18/h4-7,12,22H,3,8-11H2,1-2H3. The Morgan fingerprint density at radius 3 is 2.78 bits per heavy atom. The van der Waals surface area contributed by atoms with Crippen LogP contribution in [0, 0.1) is 6.92 Å². The van der Waals surface area contributed by atoms with Crippen LogP contribution >= 0.6 is 11.6 Å². The molecule has 2 aromatic rings. The molecule has 1 aromatic carbocycles. The molecular formula is C17H22ClN3O2. The molecule has 6 heteroatoms. The highest BCUT2D eigenvalue weighted by Crippen LogP contribution is 2.19. The molecule has 1 aromatic heterocycles. The SMILES string of the molecule is CCCn1cc(C(=O)N(CCO)Cc2ccccc2Cl)c(C)n1. The molecule has 0 bridgehead atoms. The van der Waals surface area contributed by atoms with E-state index in [0.717, 1.165) is 18.5 Å². The van der Waals surface area contributed by atoms with E-state index in [1.165, 1.54) is 0 Å². The van der Waals surface area contributed by atoms with Crippen molar-refractivity contribution in [2.45, 2.75) is 33.4 Å². The number of aromatic nitrogens is 2. The number of amides is 1. The largest absolute Gasteiger partial charge is 0.395 e. The molecule has 23 heavy (non-hydrogen) atoms. The second kappa shape index (κ2) is 8.13. The molecule has 0 aliphatic heterocycles. The second-order valence-corrected chi connectivity index (χ2v) is 5.84. The van der Waals surface area contributed by atoms with Gasteiger partial charge < -0.3 is 10.0 Å². The van der Waals surface area contributed by atoms with Crippen molar-refractivity contribution in [3.63, 3.8) is 0 Å². The predicted molar refractivity (Wildman–Crippen MR) is 90.5 cm³/mol. The number of hydrogen-bond acceptors (Lipinski definition) is 3. The van der Waals surface area contributed by atoms with E-state index >= 15 is 0 Å². The molecule has 1 N–H and O–H groups in total. The number of halogens is 1. The van der Waals surface area contributed by atoms with Gasteiger partial charge in [-0.05, 0) is 25.0 Å². The number of hydrogen-bond donors (Lipinski definition) is 1. The minimum absolute atomic E-state index is 0.0989. The lowest BCUT2D eigenvalue weighted by Gasteiger charge is -2.22. The Bertz CT molecular complexity index is 670.